The lowest BCUT2D eigenvalue weighted by Gasteiger charge is -2.19. The van der Waals surface area contributed by atoms with E-state index < -0.39 is 35.0 Å². The first kappa shape index (κ1) is 16.9. The number of thiol groups is 1. The molecule has 0 aliphatic rings. The highest BCUT2D eigenvalue weighted by Gasteiger charge is 2.34. The number of carbonyl (C=O) groups excluding carboxylic acids is 1. The second-order valence-electron chi connectivity index (χ2n) is 4.39. The van der Waals surface area contributed by atoms with Crippen LogP contribution in [0.3, 0.4) is 0 Å². The number of anilines is 2. The highest BCUT2D eigenvalue weighted by Crippen LogP contribution is 2.35. The van der Waals surface area contributed by atoms with Gasteiger partial charge < -0.3 is 10.4 Å². The molecule has 2 rings (SSSR count). The lowest BCUT2D eigenvalue weighted by atomic mass is 10.1. The maximum atomic E-state index is 13.3. The minimum absolute atomic E-state index is 0.310. The Morgan fingerprint density at radius 3 is 2.43 bits per heavy atom. The van der Waals surface area contributed by atoms with Crippen molar-refractivity contribution in [3.05, 3.63) is 53.8 Å². The normalized spacial score (nSPS) is 11.2. The molecule has 0 radical (unpaired) electrons. The second-order valence-corrected chi connectivity index (χ2v) is 4.79. The fourth-order valence-corrected chi connectivity index (χ4v) is 2.00. The summed E-state index contributed by atoms with van der Waals surface area (Å²) in [5.74, 6) is -1.84. The van der Waals surface area contributed by atoms with Crippen LogP contribution >= 0.6 is 12.8 Å². The van der Waals surface area contributed by atoms with E-state index in [1.807, 2.05) is 5.32 Å². The molecule has 0 saturated carbocycles. The van der Waals surface area contributed by atoms with Gasteiger partial charge in [-0.05, 0) is 24.3 Å². The number of aromatic hydroxyl groups is 1. The zero-order valence-electron chi connectivity index (χ0n) is 11.3. The van der Waals surface area contributed by atoms with E-state index >= 15 is 0 Å². The van der Waals surface area contributed by atoms with Gasteiger partial charge in [-0.15, -0.1) is 0 Å². The van der Waals surface area contributed by atoms with Gasteiger partial charge in [-0.1, -0.05) is 31.0 Å². The number of phenolic OH excluding ortho intramolecular Hbond substituents is 1. The summed E-state index contributed by atoms with van der Waals surface area (Å²) < 4.78 is 52.4. The van der Waals surface area contributed by atoms with Gasteiger partial charge in [0.15, 0.2) is 11.6 Å². The molecule has 0 atom stereocenters. The van der Waals surface area contributed by atoms with Crippen molar-refractivity contribution in [1.82, 2.24) is 0 Å². The number of para-hydroxylation sites is 2. The SMILES string of the molecule is O=C(Nc1ccccc1C(F)(F)F)N(S)c1cccc(F)c1O. The quantitative estimate of drug-likeness (QED) is 0.556. The molecule has 0 saturated heterocycles. The molecule has 23 heavy (non-hydrogen) atoms. The first-order valence-corrected chi connectivity index (χ1v) is 6.55. The van der Waals surface area contributed by atoms with Crippen LogP contribution in [0.15, 0.2) is 42.5 Å². The largest absolute Gasteiger partial charge is 0.503 e. The number of amides is 2. The van der Waals surface area contributed by atoms with Gasteiger partial charge in [-0.3, -0.25) is 0 Å². The minimum Gasteiger partial charge on any atom is -0.503 e. The maximum absolute atomic E-state index is 13.3. The fraction of sp³-hybridized carbons (Fsp3) is 0.0714. The zero-order chi connectivity index (χ0) is 17.2. The third-order valence-electron chi connectivity index (χ3n) is 2.86. The molecule has 0 heterocycles. The van der Waals surface area contributed by atoms with Crippen LogP contribution in [0.2, 0.25) is 0 Å². The Morgan fingerprint density at radius 1 is 1.13 bits per heavy atom. The Bertz CT molecular complexity index is 737. The molecular formula is C14H10F4N2O2S. The van der Waals surface area contributed by atoms with Gasteiger partial charge in [0.2, 0.25) is 0 Å². The van der Waals surface area contributed by atoms with E-state index in [1.165, 1.54) is 24.3 Å². The lowest BCUT2D eigenvalue weighted by Crippen LogP contribution is -2.28. The summed E-state index contributed by atoms with van der Waals surface area (Å²) in [4.78, 5) is 12.0. The fourth-order valence-electron chi connectivity index (χ4n) is 1.79. The van der Waals surface area contributed by atoms with Crippen molar-refractivity contribution < 1.29 is 27.5 Å². The maximum Gasteiger partial charge on any atom is 0.418 e. The average Bonchev–Trinajstić information content (AvgIpc) is 2.49. The molecule has 4 nitrogen and oxygen atoms in total. The third-order valence-corrected chi connectivity index (χ3v) is 3.26. The predicted octanol–water partition coefficient (Wildman–Crippen LogP) is 4.43. The number of hydrogen-bond donors (Lipinski definition) is 3. The van der Waals surface area contributed by atoms with Crippen LogP contribution in [-0.4, -0.2) is 11.1 Å². The van der Waals surface area contributed by atoms with Crippen LogP contribution in [0.4, 0.5) is 33.7 Å². The Kier molecular flexibility index (Phi) is 4.69. The summed E-state index contributed by atoms with van der Waals surface area (Å²) in [6.45, 7) is 0. The Hall–Kier alpha value is -2.42. The van der Waals surface area contributed by atoms with Crippen molar-refractivity contribution in [2.45, 2.75) is 6.18 Å². The van der Waals surface area contributed by atoms with Crippen LogP contribution in [0.25, 0.3) is 0 Å². The summed E-state index contributed by atoms with van der Waals surface area (Å²) in [7, 11) is 0. The first-order valence-electron chi connectivity index (χ1n) is 6.15. The van der Waals surface area contributed by atoms with E-state index in [2.05, 4.69) is 12.8 Å². The highest BCUT2D eigenvalue weighted by molar-refractivity contribution is 7.82. The van der Waals surface area contributed by atoms with E-state index in [-0.39, 0.29) is 5.69 Å². The molecule has 2 N–H and O–H groups in total. The molecule has 0 unspecified atom stereocenters. The number of rotatable bonds is 2. The van der Waals surface area contributed by atoms with Crippen molar-refractivity contribution in [3.63, 3.8) is 0 Å². The van der Waals surface area contributed by atoms with E-state index in [0.717, 1.165) is 18.2 Å². The number of hydrogen-bond acceptors (Lipinski definition) is 3. The van der Waals surface area contributed by atoms with Crippen molar-refractivity contribution in [2.24, 2.45) is 0 Å². The van der Waals surface area contributed by atoms with Crippen LogP contribution in [-0.2, 0) is 6.18 Å². The van der Waals surface area contributed by atoms with E-state index in [0.29, 0.717) is 4.31 Å². The van der Waals surface area contributed by atoms with Gasteiger partial charge in [0.05, 0.1) is 11.3 Å². The summed E-state index contributed by atoms with van der Waals surface area (Å²) in [5, 5.41) is 11.6. The van der Waals surface area contributed by atoms with E-state index in [4.69, 9.17) is 0 Å². The summed E-state index contributed by atoms with van der Waals surface area (Å²) in [5.41, 5.74) is -1.84. The molecule has 0 aromatic heterocycles. The minimum atomic E-state index is -4.66. The van der Waals surface area contributed by atoms with E-state index in [9.17, 15) is 27.5 Å². The van der Waals surface area contributed by atoms with E-state index in [1.54, 1.807) is 0 Å². The molecule has 2 amide bonds. The monoisotopic (exact) mass is 346 g/mol. The molecule has 0 aliphatic heterocycles. The number of nitrogens with zero attached hydrogens (tertiary/aromatic N) is 1. The van der Waals surface area contributed by atoms with Gasteiger partial charge in [0.1, 0.15) is 5.69 Å². The number of carbonyl (C=O) groups is 1. The third kappa shape index (κ3) is 3.67. The molecule has 0 spiro atoms. The predicted molar refractivity (Wildman–Crippen MR) is 80.0 cm³/mol. The van der Waals surface area contributed by atoms with Crippen LogP contribution < -0.4 is 9.62 Å². The van der Waals surface area contributed by atoms with Gasteiger partial charge in [-0.2, -0.15) is 13.2 Å². The van der Waals surface area contributed by atoms with Gasteiger partial charge >= 0.3 is 12.2 Å². The standard InChI is InChI=1S/C14H10F4N2O2S/c15-9-5-3-7-11(12(9)21)20(23)13(22)19-10-6-2-1-4-8(10)14(16,17)18/h1-7,21,23H,(H,19,22). The van der Waals surface area contributed by atoms with Crippen molar-refractivity contribution in [1.29, 1.82) is 0 Å². The van der Waals surface area contributed by atoms with Crippen molar-refractivity contribution in [2.75, 3.05) is 9.62 Å². The Labute approximate surface area is 133 Å². The molecule has 0 bridgehead atoms. The molecule has 122 valence electrons. The molecule has 0 aliphatic carbocycles. The van der Waals surface area contributed by atoms with Crippen LogP contribution in [0.1, 0.15) is 5.56 Å². The number of urea groups is 1. The number of benzene rings is 2. The molecule has 2 aromatic rings. The molecular weight excluding hydrogens is 336 g/mol. The van der Waals surface area contributed by atoms with Gasteiger partial charge in [-0.25, -0.2) is 13.5 Å². The first-order chi connectivity index (χ1) is 10.7. The Morgan fingerprint density at radius 2 is 1.78 bits per heavy atom. The number of halogens is 4. The summed E-state index contributed by atoms with van der Waals surface area (Å²) in [6, 6.07) is 6.61. The van der Waals surface area contributed by atoms with Gasteiger partial charge in [0, 0.05) is 0 Å². The topological polar surface area (TPSA) is 52.6 Å². The number of nitrogens with one attached hydrogen (secondary N) is 1. The summed E-state index contributed by atoms with van der Waals surface area (Å²) in [6.07, 6.45) is -4.66. The summed E-state index contributed by atoms with van der Waals surface area (Å²) >= 11 is 3.78. The van der Waals surface area contributed by atoms with Crippen molar-refractivity contribution in [3.8, 4) is 5.75 Å². The van der Waals surface area contributed by atoms with Crippen LogP contribution in [0.5, 0.6) is 5.75 Å². The van der Waals surface area contributed by atoms with Gasteiger partial charge in [0.25, 0.3) is 0 Å². The zero-order valence-corrected chi connectivity index (χ0v) is 12.2. The molecule has 0 fully saturated rings. The number of alkyl halides is 3. The average molecular weight is 346 g/mol. The molecule has 9 heteroatoms. The van der Waals surface area contributed by atoms with Crippen LogP contribution in [0, 0.1) is 5.82 Å². The smallest absolute Gasteiger partial charge is 0.418 e. The highest BCUT2D eigenvalue weighted by atomic mass is 32.1. The second kappa shape index (κ2) is 6.37. The lowest BCUT2D eigenvalue weighted by molar-refractivity contribution is -0.136. The Balaban J connectivity index is 2.28. The number of phenols is 1. The van der Waals surface area contributed by atoms with Crippen molar-refractivity contribution >= 4 is 30.2 Å². The molecule has 2 aromatic carbocycles.